The second-order valence-electron chi connectivity index (χ2n) is 5.60. The van der Waals surface area contributed by atoms with Crippen molar-refractivity contribution >= 4 is 0 Å². The zero-order valence-corrected chi connectivity index (χ0v) is 10.6. The van der Waals surface area contributed by atoms with Gasteiger partial charge >= 0.3 is 0 Å². The molecule has 0 aromatic heterocycles. The van der Waals surface area contributed by atoms with Crippen LogP contribution in [0.4, 0.5) is 0 Å². The molecular formula is C12H26N2O. The molecule has 1 aliphatic carbocycles. The molecule has 0 bridgehead atoms. The van der Waals surface area contributed by atoms with Gasteiger partial charge in [0.15, 0.2) is 0 Å². The summed E-state index contributed by atoms with van der Waals surface area (Å²) < 4.78 is 0. The third-order valence-electron chi connectivity index (χ3n) is 2.78. The Hall–Kier alpha value is -0.120. The summed E-state index contributed by atoms with van der Waals surface area (Å²) in [5.74, 6) is 0. The molecule has 0 aromatic carbocycles. The fourth-order valence-electron chi connectivity index (χ4n) is 1.74. The molecule has 1 unspecified atom stereocenters. The molecule has 1 aliphatic rings. The Balaban J connectivity index is 2.19. The van der Waals surface area contributed by atoms with E-state index in [0.29, 0.717) is 6.54 Å². The van der Waals surface area contributed by atoms with Gasteiger partial charge in [0.05, 0.1) is 6.10 Å². The third-order valence-corrected chi connectivity index (χ3v) is 2.78. The van der Waals surface area contributed by atoms with Gasteiger partial charge in [-0.3, -0.25) is 4.90 Å². The highest BCUT2D eigenvalue weighted by molar-refractivity contribution is 4.85. The highest BCUT2D eigenvalue weighted by Gasteiger charge is 2.29. The Bertz CT molecular complexity index is 185. The normalized spacial score (nSPS) is 19.6. The predicted octanol–water partition coefficient (Wildman–Crippen LogP) is 1.22. The summed E-state index contributed by atoms with van der Waals surface area (Å²) in [6.07, 6.45) is 2.38. The van der Waals surface area contributed by atoms with E-state index >= 15 is 0 Å². The maximum atomic E-state index is 9.89. The molecule has 3 nitrogen and oxygen atoms in total. The minimum Gasteiger partial charge on any atom is -0.390 e. The van der Waals surface area contributed by atoms with E-state index < -0.39 is 0 Å². The lowest BCUT2D eigenvalue weighted by Crippen LogP contribution is -2.45. The third kappa shape index (κ3) is 5.50. The number of hydrogen-bond acceptors (Lipinski definition) is 3. The van der Waals surface area contributed by atoms with Crippen molar-refractivity contribution in [1.82, 2.24) is 10.2 Å². The smallest absolute Gasteiger partial charge is 0.0791 e. The minimum atomic E-state index is -0.246. The molecule has 0 aliphatic heterocycles. The zero-order valence-electron chi connectivity index (χ0n) is 10.6. The summed E-state index contributed by atoms with van der Waals surface area (Å²) in [7, 11) is 0. The monoisotopic (exact) mass is 214 g/mol. The van der Waals surface area contributed by atoms with Crippen molar-refractivity contribution in [2.75, 3.05) is 19.6 Å². The summed E-state index contributed by atoms with van der Waals surface area (Å²) in [4.78, 5) is 2.38. The standard InChI is InChI=1S/C12H26N2O/c1-5-14(10-6-7-10)9-11(15)8-13-12(2,3)4/h10-11,13,15H,5-9H2,1-4H3. The van der Waals surface area contributed by atoms with Crippen LogP contribution in [0.1, 0.15) is 40.5 Å². The Labute approximate surface area is 93.9 Å². The van der Waals surface area contributed by atoms with E-state index in [1.165, 1.54) is 12.8 Å². The molecule has 15 heavy (non-hydrogen) atoms. The maximum Gasteiger partial charge on any atom is 0.0791 e. The summed E-state index contributed by atoms with van der Waals surface area (Å²) in [5, 5.41) is 13.2. The molecule has 0 amide bonds. The van der Waals surface area contributed by atoms with Crippen LogP contribution in [0.3, 0.4) is 0 Å². The molecule has 1 rings (SSSR count). The van der Waals surface area contributed by atoms with Crippen LogP contribution in [0.15, 0.2) is 0 Å². The lowest BCUT2D eigenvalue weighted by Gasteiger charge is -2.27. The van der Waals surface area contributed by atoms with Gasteiger partial charge in [-0.25, -0.2) is 0 Å². The van der Waals surface area contributed by atoms with Crippen LogP contribution < -0.4 is 5.32 Å². The van der Waals surface area contributed by atoms with Crippen LogP contribution in [0.2, 0.25) is 0 Å². The number of β-amino-alcohol motifs (C(OH)–C–C–N with tert-alkyl or cyclic N) is 1. The second kappa shape index (κ2) is 5.28. The summed E-state index contributed by atoms with van der Waals surface area (Å²) >= 11 is 0. The minimum absolute atomic E-state index is 0.0948. The molecule has 0 radical (unpaired) electrons. The van der Waals surface area contributed by atoms with Gasteiger partial charge in [0.25, 0.3) is 0 Å². The van der Waals surface area contributed by atoms with Crippen LogP contribution in [0.5, 0.6) is 0 Å². The van der Waals surface area contributed by atoms with Crippen LogP contribution in [0.25, 0.3) is 0 Å². The molecule has 90 valence electrons. The number of aliphatic hydroxyl groups is 1. The van der Waals surface area contributed by atoms with Gasteiger partial charge in [0, 0.05) is 24.7 Å². The Morgan fingerprint density at radius 1 is 1.40 bits per heavy atom. The van der Waals surface area contributed by atoms with Crippen LogP contribution in [-0.2, 0) is 0 Å². The lowest BCUT2D eigenvalue weighted by molar-refractivity contribution is 0.104. The van der Waals surface area contributed by atoms with E-state index in [1.807, 2.05) is 0 Å². The second-order valence-corrected chi connectivity index (χ2v) is 5.60. The highest BCUT2D eigenvalue weighted by Crippen LogP contribution is 2.26. The van der Waals surface area contributed by atoms with Crippen LogP contribution >= 0.6 is 0 Å². The largest absolute Gasteiger partial charge is 0.390 e. The fraction of sp³-hybridized carbons (Fsp3) is 1.00. The maximum absolute atomic E-state index is 9.89. The molecule has 0 spiro atoms. The number of hydrogen-bond donors (Lipinski definition) is 2. The topological polar surface area (TPSA) is 35.5 Å². The van der Waals surface area contributed by atoms with E-state index in [0.717, 1.165) is 19.1 Å². The van der Waals surface area contributed by atoms with E-state index in [2.05, 4.69) is 37.9 Å². The van der Waals surface area contributed by atoms with Gasteiger partial charge < -0.3 is 10.4 Å². The van der Waals surface area contributed by atoms with Crippen LogP contribution in [0, 0.1) is 0 Å². The Morgan fingerprint density at radius 2 is 2.00 bits per heavy atom. The average Bonchev–Trinajstić information content (AvgIpc) is 2.93. The van der Waals surface area contributed by atoms with Crippen molar-refractivity contribution in [3.05, 3.63) is 0 Å². The Morgan fingerprint density at radius 3 is 2.40 bits per heavy atom. The van der Waals surface area contributed by atoms with Gasteiger partial charge in [-0.05, 0) is 40.2 Å². The number of rotatable bonds is 6. The summed E-state index contributed by atoms with van der Waals surface area (Å²) in [5.41, 5.74) is 0.0948. The molecule has 0 aromatic rings. The van der Waals surface area contributed by atoms with Crippen molar-refractivity contribution in [1.29, 1.82) is 0 Å². The van der Waals surface area contributed by atoms with Crippen molar-refractivity contribution in [2.45, 2.75) is 58.2 Å². The molecule has 0 saturated heterocycles. The first-order valence-electron chi connectivity index (χ1n) is 6.09. The summed E-state index contributed by atoms with van der Waals surface area (Å²) in [6, 6.07) is 0.749. The van der Waals surface area contributed by atoms with Crippen molar-refractivity contribution in [3.63, 3.8) is 0 Å². The number of nitrogens with one attached hydrogen (secondary N) is 1. The van der Waals surface area contributed by atoms with Gasteiger partial charge in [-0.1, -0.05) is 6.92 Å². The number of aliphatic hydroxyl groups excluding tert-OH is 1. The first-order chi connectivity index (χ1) is 6.92. The lowest BCUT2D eigenvalue weighted by atomic mass is 10.1. The molecule has 0 heterocycles. The summed E-state index contributed by atoms with van der Waals surface area (Å²) in [6.45, 7) is 11.1. The molecule has 2 N–H and O–H groups in total. The van der Waals surface area contributed by atoms with Gasteiger partial charge in [-0.15, -0.1) is 0 Å². The first-order valence-corrected chi connectivity index (χ1v) is 6.09. The first kappa shape index (κ1) is 12.9. The molecule has 3 heteroatoms. The van der Waals surface area contributed by atoms with Gasteiger partial charge in [-0.2, -0.15) is 0 Å². The van der Waals surface area contributed by atoms with E-state index in [9.17, 15) is 5.11 Å². The highest BCUT2D eigenvalue weighted by atomic mass is 16.3. The van der Waals surface area contributed by atoms with Crippen molar-refractivity contribution < 1.29 is 5.11 Å². The Kier molecular flexibility index (Phi) is 4.56. The fourth-order valence-corrected chi connectivity index (χ4v) is 1.74. The molecule has 1 fully saturated rings. The van der Waals surface area contributed by atoms with E-state index in [1.54, 1.807) is 0 Å². The predicted molar refractivity (Wildman–Crippen MR) is 64.0 cm³/mol. The SMILES string of the molecule is CCN(CC(O)CNC(C)(C)C)C1CC1. The molecule has 1 atom stereocenters. The number of nitrogens with zero attached hydrogens (tertiary/aromatic N) is 1. The van der Waals surface area contributed by atoms with Crippen LogP contribution in [-0.4, -0.2) is 47.3 Å². The van der Waals surface area contributed by atoms with Crippen molar-refractivity contribution in [3.8, 4) is 0 Å². The van der Waals surface area contributed by atoms with E-state index in [4.69, 9.17) is 0 Å². The zero-order chi connectivity index (χ0) is 11.5. The van der Waals surface area contributed by atoms with Gasteiger partial charge in [0.2, 0.25) is 0 Å². The van der Waals surface area contributed by atoms with Crippen molar-refractivity contribution in [2.24, 2.45) is 0 Å². The quantitative estimate of drug-likeness (QED) is 0.698. The van der Waals surface area contributed by atoms with E-state index in [-0.39, 0.29) is 11.6 Å². The van der Waals surface area contributed by atoms with Gasteiger partial charge in [0.1, 0.15) is 0 Å². The number of likely N-dealkylation sites (N-methyl/N-ethyl adjacent to an activating group) is 1. The average molecular weight is 214 g/mol. The molecular weight excluding hydrogens is 188 g/mol. The molecule has 1 saturated carbocycles.